The van der Waals surface area contributed by atoms with Crippen molar-refractivity contribution in [2.45, 2.75) is 30.7 Å². The second-order valence-electron chi connectivity index (χ2n) is 4.68. The minimum Gasteiger partial charge on any atom is -0.326 e. The average Bonchev–Trinajstić information content (AvgIpc) is 2.39. The summed E-state index contributed by atoms with van der Waals surface area (Å²) in [6.07, 6.45) is 2.80. The molecule has 0 spiro atoms. The fourth-order valence-corrected chi connectivity index (χ4v) is 3.40. The van der Waals surface area contributed by atoms with E-state index < -0.39 is 38.7 Å². The maximum Gasteiger partial charge on any atom is 0.256 e. The van der Waals surface area contributed by atoms with Crippen LogP contribution in [0.2, 0.25) is 0 Å². The summed E-state index contributed by atoms with van der Waals surface area (Å²) in [6, 6.07) is 1.83. The summed E-state index contributed by atoms with van der Waals surface area (Å²) < 4.78 is 51.6. The molecule has 1 aromatic carbocycles. The molecule has 3 N–H and O–H groups in total. The summed E-state index contributed by atoms with van der Waals surface area (Å²) in [7, 11) is -4.06. The molecular weight excluding hydrogens is 288 g/mol. The molecule has 112 valence electrons. The van der Waals surface area contributed by atoms with Crippen LogP contribution in [0.3, 0.4) is 0 Å². The number of hydrogen-bond donors (Lipinski definition) is 2. The first-order valence-corrected chi connectivity index (χ1v) is 7.88. The Balaban J connectivity index is 2.29. The van der Waals surface area contributed by atoms with E-state index in [-0.39, 0.29) is 0 Å². The lowest BCUT2D eigenvalue weighted by Gasteiger charge is -2.26. The molecule has 0 aromatic heterocycles. The lowest BCUT2D eigenvalue weighted by molar-refractivity contribution is 0.199. The molecule has 1 aliphatic heterocycles. The normalized spacial score (nSPS) is 17.4. The van der Waals surface area contributed by atoms with Gasteiger partial charge < -0.3 is 5.73 Å². The van der Waals surface area contributed by atoms with Gasteiger partial charge in [-0.3, -0.25) is 0 Å². The second-order valence-corrected chi connectivity index (χ2v) is 6.31. The van der Waals surface area contributed by atoms with E-state index in [9.17, 15) is 17.2 Å². The third-order valence-electron chi connectivity index (χ3n) is 3.25. The van der Waals surface area contributed by atoms with Crippen molar-refractivity contribution in [2.24, 2.45) is 5.73 Å². The highest BCUT2D eigenvalue weighted by atomic mass is 32.2. The van der Waals surface area contributed by atoms with Crippen LogP contribution in [0.1, 0.15) is 24.8 Å². The fourth-order valence-electron chi connectivity index (χ4n) is 2.18. The van der Waals surface area contributed by atoms with Crippen LogP contribution in [0.25, 0.3) is 0 Å². The average molecular weight is 305 g/mol. The largest absolute Gasteiger partial charge is 0.326 e. The van der Waals surface area contributed by atoms with Gasteiger partial charge in [0.05, 0.1) is 0 Å². The Morgan fingerprint density at radius 3 is 2.45 bits per heavy atom. The van der Waals surface area contributed by atoms with Gasteiger partial charge in [-0.05, 0) is 25.0 Å². The van der Waals surface area contributed by atoms with E-state index in [2.05, 4.69) is 4.83 Å². The van der Waals surface area contributed by atoms with Crippen molar-refractivity contribution in [3.63, 3.8) is 0 Å². The highest BCUT2D eigenvalue weighted by Gasteiger charge is 2.25. The number of rotatable bonds is 4. The van der Waals surface area contributed by atoms with E-state index in [1.807, 2.05) is 0 Å². The molecule has 1 aliphatic rings. The Morgan fingerprint density at radius 2 is 1.85 bits per heavy atom. The second kappa shape index (κ2) is 6.13. The van der Waals surface area contributed by atoms with Crippen LogP contribution in [0.5, 0.6) is 0 Å². The zero-order valence-corrected chi connectivity index (χ0v) is 11.7. The minimum absolute atomic E-state index is 0.398. The third-order valence-corrected chi connectivity index (χ3v) is 4.64. The van der Waals surface area contributed by atoms with Crippen LogP contribution >= 0.6 is 0 Å². The van der Waals surface area contributed by atoms with Gasteiger partial charge in [-0.1, -0.05) is 6.42 Å². The number of halogens is 2. The van der Waals surface area contributed by atoms with Crippen molar-refractivity contribution < 1.29 is 17.2 Å². The van der Waals surface area contributed by atoms with Crippen LogP contribution in [0, 0.1) is 11.6 Å². The first-order chi connectivity index (χ1) is 9.45. The minimum atomic E-state index is -4.06. The van der Waals surface area contributed by atoms with Crippen LogP contribution in [-0.2, 0) is 16.6 Å². The zero-order chi connectivity index (χ0) is 14.8. The number of hydrogen-bond acceptors (Lipinski definition) is 4. The lowest BCUT2D eigenvalue weighted by atomic mass is 10.2. The maximum absolute atomic E-state index is 14.0. The van der Waals surface area contributed by atoms with E-state index in [0.29, 0.717) is 13.1 Å². The number of hydrazine groups is 1. The molecule has 0 atom stereocenters. The maximum atomic E-state index is 14.0. The Morgan fingerprint density at radius 1 is 1.20 bits per heavy atom. The number of benzene rings is 1. The Kier molecular flexibility index (Phi) is 4.69. The van der Waals surface area contributed by atoms with Gasteiger partial charge in [0.1, 0.15) is 10.7 Å². The first-order valence-electron chi connectivity index (χ1n) is 6.40. The Labute approximate surface area is 116 Å². The monoisotopic (exact) mass is 305 g/mol. The molecule has 1 fully saturated rings. The molecule has 1 heterocycles. The molecule has 8 heteroatoms. The third kappa shape index (κ3) is 3.14. The van der Waals surface area contributed by atoms with Crippen LogP contribution in [0.15, 0.2) is 17.0 Å². The summed E-state index contributed by atoms with van der Waals surface area (Å²) in [5.41, 5.74) is 4.82. The Hall–Kier alpha value is -1.09. The predicted octanol–water partition coefficient (Wildman–Crippen LogP) is 1.10. The van der Waals surface area contributed by atoms with Gasteiger partial charge in [0.25, 0.3) is 10.0 Å². The van der Waals surface area contributed by atoms with Gasteiger partial charge >= 0.3 is 0 Å². The van der Waals surface area contributed by atoms with E-state index in [1.54, 1.807) is 0 Å². The van der Waals surface area contributed by atoms with Crippen molar-refractivity contribution in [1.82, 2.24) is 9.84 Å². The highest BCUT2D eigenvalue weighted by molar-refractivity contribution is 7.89. The van der Waals surface area contributed by atoms with Gasteiger partial charge in [0.2, 0.25) is 0 Å². The Bertz CT molecular complexity index is 587. The number of piperidine rings is 1. The SMILES string of the molecule is NCc1c(F)ccc(S(=O)(=O)NN2CCCCC2)c1F. The van der Waals surface area contributed by atoms with Crippen LogP contribution < -0.4 is 10.6 Å². The number of sulfonamides is 1. The molecule has 0 radical (unpaired) electrons. The summed E-state index contributed by atoms with van der Waals surface area (Å²) in [6.45, 7) is 0.752. The summed E-state index contributed by atoms with van der Waals surface area (Å²) >= 11 is 0. The van der Waals surface area contributed by atoms with Gasteiger partial charge in [-0.15, -0.1) is 4.83 Å². The highest BCUT2D eigenvalue weighted by Crippen LogP contribution is 2.21. The number of nitrogens with zero attached hydrogens (tertiary/aromatic N) is 1. The smallest absolute Gasteiger partial charge is 0.256 e. The van der Waals surface area contributed by atoms with Gasteiger partial charge in [-0.2, -0.15) is 0 Å². The van der Waals surface area contributed by atoms with Crippen molar-refractivity contribution in [1.29, 1.82) is 0 Å². The standard InChI is InChI=1S/C12H17F2N3O2S/c13-10-4-5-11(12(14)9(10)8-15)20(18,19)16-17-6-2-1-3-7-17/h4-5,16H,1-3,6-8,15H2. The summed E-state index contributed by atoms with van der Waals surface area (Å²) in [4.78, 5) is 1.75. The van der Waals surface area contributed by atoms with E-state index in [4.69, 9.17) is 5.73 Å². The number of nitrogens with two attached hydrogens (primary N) is 1. The quantitative estimate of drug-likeness (QED) is 0.873. The van der Waals surface area contributed by atoms with E-state index >= 15 is 0 Å². The summed E-state index contributed by atoms with van der Waals surface area (Å²) in [5, 5.41) is 1.53. The molecule has 0 aliphatic carbocycles. The molecule has 0 amide bonds. The molecule has 1 aromatic rings. The van der Waals surface area contributed by atoms with Crippen molar-refractivity contribution >= 4 is 10.0 Å². The first kappa shape index (κ1) is 15.3. The van der Waals surface area contributed by atoms with Gasteiger partial charge in [0, 0.05) is 25.2 Å². The van der Waals surface area contributed by atoms with Gasteiger partial charge in [-0.25, -0.2) is 22.2 Å². The van der Waals surface area contributed by atoms with E-state index in [0.717, 1.165) is 31.4 Å². The molecule has 0 unspecified atom stereocenters. The molecule has 0 saturated carbocycles. The molecule has 1 saturated heterocycles. The molecule has 0 bridgehead atoms. The van der Waals surface area contributed by atoms with Crippen LogP contribution in [-0.4, -0.2) is 26.5 Å². The fraction of sp³-hybridized carbons (Fsp3) is 0.500. The van der Waals surface area contributed by atoms with Crippen molar-refractivity contribution in [3.8, 4) is 0 Å². The van der Waals surface area contributed by atoms with Crippen LogP contribution in [0.4, 0.5) is 8.78 Å². The molecule has 2 rings (SSSR count). The zero-order valence-electron chi connectivity index (χ0n) is 10.9. The van der Waals surface area contributed by atoms with Crippen molar-refractivity contribution in [2.75, 3.05) is 13.1 Å². The van der Waals surface area contributed by atoms with Crippen molar-refractivity contribution in [3.05, 3.63) is 29.3 Å². The topological polar surface area (TPSA) is 75.4 Å². The van der Waals surface area contributed by atoms with E-state index in [1.165, 1.54) is 5.01 Å². The predicted molar refractivity (Wildman–Crippen MR) is 70.0 cm³/mol. The van der Waals surface area contributed by atoms with Gasteiger partial charge in [0.15, 0.2) is 5.82 Å². The lowest BCUT2D eigenvalue weighted by Crippen LogP contribution is -2.45. The molecule has 20 heavy (non-hydrogen) atoms. The molecular formula is C12H17F2N3O2S. The summed E-state index contributed by atoms with van der Waals surface area (Å²) in [5.74, 6) is -1.97. The number of nitrogens with one attached hydrogen (secondary N) is 1. The molecule has 5 nitrogen and oxygen atoms in total.